The van der Waals surface area contributed by atoms with Crippen LogP contribution in [0.2, 0.25) is 0 Å². The molecule has 1 fully saturated rings. The number of carboxylic acid groups (broad SMARTS) is 2. The second-order valence-electron chi connectivity index (χ2n) is 6.76. The van der Waals surface area contributed by atoms with Crippen LogP contribution in [0.1, 0.15) is 78.1 Å². The fourth-order valence-corrected chi connectivity index (χ4v) is 3.26. The molecule has 0 radical (unpaired) electrons. The molecule has 0 bridgehead atoms. The number of carbonyl (C=O) groups is 3. The second kappa shape index (κ2) is 10.9. The Hall–Kier alpha value is -1.85. The molecule has 6 heteroatoms. The molecule has 0 spiro atoms. The van der Waals surface area contributed by atoms with E-state index < -0.39 is 24.3 Å². The Labute approximate surface area is 149 Å². The maximum absolute atomic E-state index is 12.1. The topological polar surface area (TPSA) is 101 Å². The zero-order valence-electron chi connectivity index (χ0n) is 15.3. The minimum atomic E-state index is -1.36. The Kier molecular flexibility index (Phi) is 9.24. The largest absolute Gasteiger partial charge is 0.478 e. The lowest BCUT2D eigenvalue weighted by molar-refractivity contribution is -0.149. The highest BCUT2D eigenvalue weighted by atomic mass is 16.5. The summed E-state index contributed by atoms with van der Waals surface area (Å²) in [6.45, 7) is 4.02. The van der Waals surface area contributed by atoms with Gasteiger partial charge in [-0.2, -0.15) is 0 Å². The molecular formula is C19H30O6. The highest BCUT2D eigenvalue weighted by Crippen LogP contribution is 2.26. The molecule has 1 unspecified atom stereocenters. The van der Waals surface area contributed by atoms with Gasteiger partial charge in [-0.25, -0.2) is 9.59 Å². The Morgan fingerprint density at radius 3 is 2.12 bits per heavy atom. The van der Waals surface area contributed by atoms with Crippen LogP contribution < -0.4 is 0 Å². The average Bonchev–Trinajstić information content (AvgIpc) is 3.05. The van der Waals surface area contributed by atoms with Gasteiger partial charge in [0.1, 0.15) is 6.10 Å². The molecular weight excluding hydrogens is 324 g/mol. The number of carboxylic acids is 2. The minimum Gasteiger partial charge on any atom is -0.478 e. The molecule has 1 saturated carbocycles. The molecule has 6 nitrogen and oxygen atoms in total. The summed E-state index contributed by atoms with van der Waals surface area (Å²) in [5.41, 5.74) is -0.510. The first-order valence-electron chi connectivity index (χ1n) is 9.27. The van der Waals surface area contributed by atoms with E-state index in [2.05, 4.69) is 6.92 Å². The van der Waals surface area contributed by atoms with E-state index in [1.807, 2.05) is 6.92 Å². The first-order valence-corrected chi connectivity index (χ1v) is 9.27. The summed E-state index contributed by atoms with van der Waals surface area (Å²) < 4.78 is 5.29. The third-order valence-corrected chi connectivity index (χ3v) is 4.84. The highest BCUT2D eigenvalue weighted by Gasteiger charge is 2.27. The molecule has 0 aromatic carbocycles. The smallest absolute Gasteiger partial charge is 0.332 e. The number of hydrogen-bond acceptors (Lipinski definition) is 4. The summed E-state index contributed by atoms with van der Waals surface area (Å²) in [5, 5.41) is 18.9. The average molecular weight is 354 g/mol. The molecule has 1 atom stereocenters. The predicted octanol–water partition coefficient (Wildman–Crippen LogP) is 3.93. The monoisotopic (exact) mass is 354 g/mol. The van der Waals surface area contributed by atoms with Crippen LogP contribution in [-0.2, 0) is 19.1 Å². The van der Waals surface area contributed by atoms with Gasteiger partial charge in [-0.1, -0.05) is 39.5 Å². The van der Waals surface area contributed by atoms with Crippen LogP contribution in [0.25, 0.3) is 0 Å². The molecule has 1 rings (SSSR count). The SMILES string of the molecule is CCCCC(CC)C/C(C(=O)O)=C(/CC(=O)OC1CCCC1)C(=O)O. The van der Waals surface area contributed by atoms with Crippen LogP contribution in [0.5, 0.6) is 0 Å². The lowest BCUT2D eigenvalue weighted by Gasteiger charge is -2.17. The van der Waals surface area contributed by atoms with Gasteiger partial charge in [-0.15, -0.1) is 0 Å². The van der Waals surface area contributed by atoms with Crippen LogP contribution in [0.15, 0.2) is 11.1 Å². The molecule has 0 amide bonds. The molecule has 0 aromatic heterocycles. The van der Waals surface area contributed by atoms with Gasteiger partial charge < -0.3 is 14.9 Å². The Balaban J connectivity index is 2.89. The minimum absolute atomic E-state index is 0.103. The van der Waals surface area contributed by atoms with Crippen LogP contribution >= 0.6 is 0 Å². The molecule has 0 saturated heterocycles. The van der Waals surface area contributed by atoms with Gasteiger partial charge in [0.15, 0.2) is 0 Å². The highest BCUT2D eigenvalue weighted by molar-refractivity contribution is 6.01. The first-order chi connectivity index (χ1) is 11.9. The summed E-state index contributed by atoms with van der Waals surface area (Å²) in [6.07, 6.45) is 6.69. The normalized spacial score (nSPS) is 17.0. The van der Waals surface area contributed by atoms with Crippen molar-refractivity contribution in [2.45, 2.75) is 84.2 Å². The van der Waals surface area contributed by atoms with E-state index in [1.54, 1.807) is 0 Å². The molecule has 1 aliphatic rings. The number of hydrogen-bond donors (Lipinski definition) is 2. The summed E-state index contributed by atoms with van der Waals surface area (Å²) >= 11 is 0. The summed E-state index contributed by atoms with van der Waals surface area (Å²) in [5.74, 6) is -3.16. The fourth-order valence-electron chi connectivity index (χ4n) is 3.26. The quantitative estimate of drug-likeness (QED) is 0.430. The van der Waals surface area contributed by atoms with Crippen LogP contribution in [0, 0.1) is 5.92 Å². The third kappa shape index (κ3) is 7.28. The summed E-state index contributed by atoms with van der Waals surface area (Å²) in [4.78, 5) is 35.3. The lowest BCUT2D eigenvalue weighted by Crippen LogP contribution is -2.20. The van der Waals surface area contributed by atoms with Crippen molar-refractivity contribution >= 4 is 17.9 Å². The standard InChI is InChI=1S/C19H30O6/c1-3-5-8-13(4-2)11-15(18(21)22)16(19(23)24)12-17(20)25-14-9-6-7-10-14/h13-14H,3-12H2,1-2H3,(H,21,22)(H,23,24)/b16-15+. The van der Waals surface area contributed by atoms with Crippen molar-refractivity contribution in [3.8, 4) is 0 Å². The molecule has 2 N–H and O–H groups in total. The fraction of sp³-hybridized carbons (Fsp3) is 0.737. The maximum Gasteiger partial charge on any atom is 0.332 e. The molecule has 0 aliphatic heterocycles. The van der Waals surface area contributed by atoms with Crippen molar-refractivity contribution in [2.24, 2.45) is 5.92 Å². The third-order valence-electron chi connectivity index (χ3n) is 4.84. The molecule has 25 heavy (non-hydrogen) atoms. The van der Waals surface area contributed by atoms with E-state index >= 15 is 0 Å². The van der Waals surface area contributed by atoms with Crippen molar-refractivity contribution in [2.75, 3.05) is 0 Å². The van der Waals surface area contributed by atoms with Crippen molar-refractivity contribution in [3.63, 3.8) is 0 Å². The van der Waals surface area contributed by atoms with Crippen LogP contribution in [0.4, 0.5) is 0 Å². The molecule has 142 valence electrons. The van der Waals surface area contributed by atoms with Crippen LogP contribution in [0.3, 0.4) is 0 Å². The predicted molar refractivity (Wildman–Crippen MR) is 93.2 cm³/mol. The number of unbranched alkanes of at least 4 members (excludes halogenated alkanes) is 1. The van der Waals surface area contributed by atoms with E-state index in [0.29, 0.717) is 0 Å². The number of aliphatic carboxylic acids is 2. The number of esters is 1. The Bertz CT molecular complexity index is 502. The van der Waals surface area contributed by atoms with Crippen molar-refractivity contribution < 1.29 is 29.3 Å². The second-order valence-corrected chi connectivity index (χ2v) is 6.76. The van der Waals surface area contributed by atoms with E-state index in [0.717, 1.165) is 51.4 Å². The van der Waals surface area contributed by atoms with Gasteiger partial charge in [-0.05, 0) is 38.0 Å². The molecule has 0 aromatic rings. The Morgan fingerprint density at radius 1 is 1.04 bits per heavy atom. The first kappa shape index (κ1) is 21.2. The zero-order chi connectivity index (χ0) is 18.8. The number of carbonyl (C=O) groups excluding carboxylic acids is 1. The number of rotatable bonds is 11. The van der Waals surface area contributed by atoms with Crippen LogP contribution in [-0.4, -0.2) is 34.2 Å². The van der Waals surface area contributed by atoms with Crippen molar-refractivity contribution in [1.29, 1.82) is 0 Å². The van der Waals surface area contributed by atoms with Gasteiger partial charge in [0.05, 0.1) is 12.0 Å². The molecule has 0 heterocycles. The van der Waals surface area contributed by atoms with E-state index in [9.17, 15) is 24.6 Å². The molecule has 1 aliphatic carbocycles. The zero-order valence-corrected chi connectivity index (χ0v) is 15.3. The van der Waals surface area contributed by atoms with Gasteiger partial charge in [0.25, 0.3) is 0 Å². The van der Waals surface area contributed by atoms with Crippen molar-refractivity contribution in [1.82, 2.24) is 0 Å². The lowest BCUT2D eigenvalue weighted by atomic mass is 9.89. The van der Waals surface area contributed by atoms with E-state index in [1.165, 1.54) is 0 Å². The van der Waals surface area contributed by atoms with Gasteiger partial charge in [0, 0.05) is 5.57 Å². The maximum atomic E-state index is 12.1. The summed E-state index contributed by atoms with van der Waals surface area (Å²) in [6, 6.07) is 0. The van der Waals surface area contributed by atoms with Gasteiger partial charge in [-0.3, -0.25) is 4.79 Å². The summed E-state index contributed by atoms with van der Waals surface area (Å²) in [7, 11) is 0. The Morgan fingerprint density at radius 2 is 1.64 bits per heavy atom. The van der Waals surface area contributed by atoms with Gasteiger partial charge >= 0.3 is 17.9 Å². The number of ether oxygens (including phenoxy) is 1. The van der Waals surface area contributed by atoms with Crippen molar-refractivity contribution in [3.05, 3.63) is 11.1 Å². The van der Waals surface area contributed by atoms with E-state index in [4.69, 9.17) is 4.74 Å². The van der Waals surface area contributed by atoms with Gasteiger partial charge in [0.2, 0.25) is 0 Å². The van der Waals surface area contributed by atoms with E-state index in [-0.39, 0.29) is 29.6 Å².